The lowest BCUT2D eigenvalue weighted by Crippen LogP contribution is -2.14. The molecule has 0 fully saturated rings. The highest BCUT2D eigenvalue weighted by molar-refractivity contribution is 6.33. The van der Waals surface area contributed by atoms with Gasteiger partial charge in [0.2, 0.25) is 0 Å². The number of allylic oxidation sites excluding steroid dienone is 9. The van der Waals surface area contributed by atoms with Gasteiger partial charge in [0, 0.05) is 29.9 Å². The van der Waals surface area contributed by atoms with E-state index in [2.05, 4.69) is 79.7 Å². The molecule has 2 aliphatic rings. The molecule has 2 radical (unpaired) electrons. The molecule has 3 aromatic carbocycles. The van der Waals surface area contributed by atoms with Gasteiger partial charge in [0.25, 0.3) is 0 Å². The first-order valence-electron chi connectivity index (χ1n) is 14.0. The summed E-state index contributed by atoms with van der Waals surface area (Å²) < 4.78 is 0. The second kappa shape index (κ2) is 12.3. The van der Waals surface area contributed by atoms with Gasteiger partial charge in [-0.3, -0.25) is 0 Å². The Labute approximate surface area is 245 Å². The van der Waals surface area contributed by atoms with Crippen molar-refractivity contribution in [3.8, 4) is 5.75 Å². The first-order chi connectivity index (χ1) is 19.8. The predicted octanol–water partition coefficient (Wildman–Crippen LogP) is 8.16. The number of rotatable bonds is 10. The maximum atomic E-state index is 10.4. The van der Waals surface area contributed by atoms with E-state index < -0.39 is 0 Å². The molecule has 202 valence electrons. The van der Waals surface area contributed by atoms with Crippen molar-refractivity contribution < 1.29 is 5.11 Å². The average Bonchev–Trinajstić information content (AvgIpc) is 3.24. The van der Waals surface area contributed by atoms with Gasteiger partial charge in [-0.2, -0.15) is 0 Å². The van der Waals surface area contributed by atoms with Crippen LogP contribution < -0.4 is 5.32 Å². The second-order valence-electron chi connectivity index (χ2n) is 10.8. The Balaban J connectivity index is 1.17. The molecule has 0 atom stereocenters. The van der Waals surface area contributed by atoms with Crippen LogP contribution in [-0.4, -0.2) is 19.2 Å². The van der Waals surface area contributed by atoms with E-state index in [9.17, 15) is 5.11 Å². The second-order valence-corrected chi connectivity index (χ2v) is 10.8. The van der Waals surface area contributed by atoms with Crippen molar-refractivity contribution in [3.05, 3.63) is 155 Å². The molecule has 0 heterocycles. The number of para-hydroxylation sites is 1. The normalized spacial score (nSPS) is 16.1. The van der Waals surface area contributed by atoms with Crippen LogP contribution in [0.15, 0.2) is 127 Å². The Kier molecular flexibility index (Phi) is 8.40. The molecule has 3 nitrogen and oxygen atoms in total. The smallest absolute Gasteiger partial charge is 0.123 e. The van der Waals surface area contributed by atoms with Crippen molar-refractivity contribution in [3.63, 3.8) is 0 Å². The quantitative estimate of drug-likeness (QED) is 0.182. The first-order valence-corrected chi connectivity index (χ1v) is 14.0. The number of benzene rings is 3. The predicted molar refractivity (Wildman–Crippen MR) is 174 cm³/mol. The highest BCUT2D eigenvalue weighted by Crippen LogP contribution is 2.45. The molecular formula is C37H35BN2O. The zero-order valence-corrected chi connectivity index (χ0v) is 23.4. The molecule has 41 heavy (non-hydrogen) atoms. The monoisotopic (exact) mass is 534 g/mol. The van der Waals surface area contributed by atoms with E-state index in [0.29, 0.717) is 18.4 Å². The first kappa shape index (κ1) is 28.0. The summed E-state index contributed by atoms with van der Waals surface area (Å²) in [5, 5.41) is 21.5. The number of hydrogen-bond acceptors (Lipinski definition) is 3. The molecule has 3 N–H and O–H groups in total. The molecule has 0 aliphatic heterocycles. The van der Waals surface area contributed by atoms with Gasteiger partial charge in [-0.15, -0.1) is 0 Å². The summed E-state index contributed by atoms with van der Waals surface area (Å²) in [6, 6.07) is 24.4. The molecule has 0 bridgehead atoms. The van der Waals surface area contributed by atoms with Crippen LogP contribution in [0.2, 0.25) is 0 Å². The van der Waals surface area contributed by atoms with E-state index in [0.717, 1.165) is 52.8 Å². The maximum absolute atomic E-state index is 10.4. The third kappa shape index (κ3) is 6.28. The minimum atomic E-state index is 0.190. The molecule has 4 heteroatoms. The minimum Gasteiger partial charge on any atom is -0.507 e. The standard InChI is InChI=1S/C37H35BN2O/c1-24(18-35-25(2)32-8-4-5-9-33(32)26(35)3)40-23-28-15-12-27(13-16-28)14-17-29-19-30(21-31(20-29)36(38)22-39)34-10-6-7-11-37(34)41/h4-13,15-16,19,21-22,35,39-41H,1-3,14,17-18,20,23H2/b36-31-,39-22?. The minimum absolute atomic E-state index is 0.190. The van der Waals surface area contributed by atoms with E-state index >= 15 is 0 Å². The summed E-state index contributed by atoms with van der Waals surface area (Å²) >= 11 is 0. The number of phenolic OH excluding ortho intramolecular Hbond substituents is 1. The fourth-order valence-electron chi connectivity index (χ4n) is 5.66. The van der Waals surface area contributed by atoms with Crippen LogP contribution >= 0.6 is 0 Å². The third-order valence-electron chi connectivity index (χ3n) is 8.06. The van der Waals surface area contributed by atoms with E-state index in [-0.39, 0.29) is 11.7 Å². The summed E-state index contributed by atoms with van der Waals surface area (Å²) in [7, 11) is 6.12. The van der Waals surface area contributed by atoms with Crippen LogP contribution in [-0.2, 0) is 13.0 Å². The Morgan fingerprint density at radius 1 is 0.878 bits per heavy atom. The van der Waals surface area contributed by atoms with Crippen LogP contribution in [0, 0.1) is 11.3 Å². The van der Waals surface area contributed by atoms with Gasteiger partial charge in [-0.1, -0.05) is 110 Å². The van der Waals surface area contributed by atoms with Gasteiger partial charge >= 0.3 is 0 Å². The summed E-state index contributed by atoms with van der Waals surface area (Å²) in [4.78, 5) is 0. The van der Waals surface area contributed by atoms with Crippen molar-refractivity contribution in [2.24, 2.45) is 5.92 Å². The van der Waals surface area contributed by atoms with Crippen LogP contribution in [0.4, 0.5) is 0 Å². The van der Waals surface area contributed by atoms with E-state index in [1.54, 1.807) is 6.07 Å². The molecule has 0 amide bonds. The van der Waals surface area contributed by atoms with Crippen molar-refractivity contribution in [1.29, 1.82) is 5.41 Å². The zero-order chi connectivity index (χ0) is 28.9. The highest BCUT2D eigenvalue weighted by atomic mass is 16.3. The van der Waals surface area contributed by atoms with Crippen LogP contribution in [0.25, 0.3) is 16.7 Å². The number of phenols is 1. The Hall–Kier alpha value is -4.57. The summed E-state index contributed by atoms with van der Waals surface area (Å²) in [5.74, 6) is 0.425. The van der Waals surface area contributed by atoms with Crippen molar-refractivity contribution in [2.75, 3.05) is 0 Å². The summed E-state index contributed by atoms with van der Waals surface area (Å²) in [6.07, 6.45) is 8.56. The molecule has 0 saturated heterocycles. The molecule has 0 spiro atoms. The number of nitrogens with one attached hydrogen (secondary N) is 2. The Morgan fingerprint density at radius 2 is 1.49 bits per heavy atom. The van der Waals surface area contributed by atoms with E-state index in [1.807, 2.05) is 24.3 Å². The summed E-state index contributed by atoms with van der Waals surface area (Å²) in [5.41, 5.74) is 12.4. The molecule has 5 rings (SSSR count). The topological polar surface area (TPSA) is 56.1 Å². The van der Waals surface area contributed by atoms with Crippen molar-refractivity contribution in [2.45, 2.75) is 32.2 Å². The van der Waals surface area contributed by atoms with Gasteiger partial charge in [0.1, 0.15) is 13.6 Å². The average molecular weight is 535 g/mol. The SMILES string of the molecule is [B]/C(C=N)=C1\C=C(c2ccccc2O)C=C(CCc2ccc(CNC(=C)CC3C(=C)c4ccccc4C3=C)cc2)C1. The lowest BCUT2D eigenvalue weighted by atomic mass is 9.81. The largest absolute Gasteiger partial charge is 0.507 e. The number of fused-ring (bicyclic) bond motifs is 1. The van der Waals surface area contributed by atoms with Crippen molar-refractivity contribution in [1.82, 2.24) is 5.32 Å². The fraction of sp³-hybridized carbons (Fsp3) is 0.162. The van der Waals surface area contributed by atoms with Gasteiger partial charge in [0.05, 0.1) is 0 Å². The van der Waals surface area contributed by atoms with Crippen molar-refractivity contribution >= 4 is 30.8 Å². The van der Waals surface area contributed by atoms with Gasteiger partial charge in [-0.05, 0) is 76.3 Å². The van der Waals surface area contributed by atoms with Gasteiger partial charge < -0.3 is 15.8 Å². The zero-order valence-electron chi connectivity index (χ0n) is 23.4. The third-order valence-corrected chi connectivity index (χ3v) is 8.06. The number of aromatic hydroxyl groups is 1. The maximum Gasteiger partial charge on any atom is 0.123 e. The molecule has 0 unspecified atom stereocenters. The van der Waals surface area contributed by atoms with Crippen LogP contribution in [0.5, 0.6) is 5.75 Å². The number of aryl methyl sites for hydroxylation is 1. The highest BCUT2D eigenvalue weighted by Gasteiger charge is 2.29. The lowest BCUT2D eigenvalue weighted by molar-refractivity contribution is 0.473. The van der Waals surface area contributed by atoms with Crippen LogP contribution in [0.1, 0.15) is 47.1 Å². The molecule has 2 aliphatic carbocycles. The van der Waals surface area contributed by atoms with E-state index in [4.69, 9.17) is 13.3 Å². The molecule has 0 aromatic heterocycles. The summed E-state index contributed by atoms with van der Waals surface area (Å²) in [6.45, 7) is 13.7. The molecule has 0 saturated carbocycles. The van der Waals surface area contributed by atoms with Gasteiger partial charge in [0.15, 0.2) is 0 Å². The van der Waals surface area contributed by atoms with E-state index in [1.165, 1.54) is 34.0 Å². The Bertz CT molecular complexity index is 1590. The lowest BCUT2D eigenvalue weighted by Gasteiger charge is -2.19. The number of hydrogen-bond donors (Lipinski definition) is 3. The molecular weight excluding hydrogens is 499 g/mol. The Morgan fingerprint density at radius 3 is 2.12 bits per heavy atom. The molecule has 3 aromatic rings. The fourth-order valence-corrected chi connectivity index (χ4v) is 5.66. The van der Waals surface area contributed by atoms with Gasteiger partial charge in [-0.25, -0.2) is 0 Å². The van der Waals surface area contributed by atoms with Crippen LogP contribution in [0.3, 0.4) is 0 Å².